The lowest BCUT2D eigenvalue weighted by Gasteiger charge is -2.14. The number of hydrogen-bond acceptors (Lipinski definition) is 3. The summed E-state index contributed by atoms with van der Waals surface area (Å²) in [4.78, 5) is 12.1. The first kappa shape index (κ1) is 18.7. The minimum Gasteiger partial charge on any atom is -0.497 e. The molecule has 5 nitrogen and oxygen atoms in total. The van der Waals surface area contributed by atoms with Gasteiger partial charge in [-0.3, -0.25) is 0 Å². The van der Waals surface area contributed by atoms with Gasteiger partial charge in [-0.2, -0.15) is 13.2 Å². The van der Waals surface area contributed by atoms with Crippen molar-refractivity contribution in [3.05, 3.63) is 47.0 Å². The molecular weight excluding hydrogens is 361 g/mol. The van der Waals surface area contributed by atoms with Gasteiger partial charge in [0.05, 0.1) is 30.5 Å². The van der Waals surface area contributed by atoms with Gasteiger partial charge in [0, 0.05) is 11.8 Å². The molecule has 2 N–H and O–H groups in total. The van der Waals surface area contributed by atoms with Crippen LogP contribution in [-0.4, -0.2) is 20.3 Å². The zero-order valence-corrected chi connectivity index (χ0v) is 14.0. The van der Waals surface area contributed by atoms with Crippen molar-refractivity contribution in [3.8, 4) is 11.5 Å². The third-order valence-electron chi connectivity index (χ3n) is 3.18. The van der Waals surface area contributed by atoms with Gasteiger partial charge in [0.2, 0.25) is 0 Å². The summed E-state index contributed by atoms with van der Waals surface area (Å²) in [5.41, 5.74) is -0.800. The molecule has 0 radical (unpaired) electrons. The fourth-order valence-corrected chi connectivity index (χ4v) is 2.24. The molecule has 0 aliphatic carbocycles. The molecule has 0 saturated carbocycles. The Labute approximate surface area is 146 Å². The van der Waals surface area contributed by atoms with Crippen LogP contribution < -0.4 is 20.1 Å². The van der Waals surface area contributed by atoms with Crippen molar-refractivity contribution in [3.63, 3.8) is 0 Å². The predicted molar refractivity (Wildman–Crippen MR) is 88.6 cm³/mol. The number of benzene rings is 2. The fraction of sp³-hybridized carbons (Fsp3) is 0.188. The Morgan fingerprint density at radius 2 is 1.76 bits per heavy atom. The van der Waals surface area contributed by atoms with E-state index in [0.717, 1.165) is 12.1 Å². The van der Waals surface area contributed by atoms with E-state index in [1.54, 1.807) is 12.1 Å². The molecule has 0 unspecified atom stereocenters. The molecule has 0 spiro atoms. The number of carbonyl (C=O) groups excluding carboxylic acids is 1. The lowest BCUT2D eigenvalue weighted by molar-refractivity contribution is -0.137. The maximum atomic E-state index is 12.9. The van der Waals surface area contributed by atoms with E-state index in [4.69, 9.17) is 21.1 Å². The first-order chi connectivity index (χ1) is 11.7. The monoisotopic (exact) mass is 374 g/mol. The lowest BCUT2D eigenvalue weighted by atomic mass is 10.2. The van der Waals surface area contributed by atoms with E-state index >= 15 is 0 Å². The molecule has 0 heterocycles. The Kier molecular flexibility index (Phi) is 5.63. The lowest BCUT2D eigenvalue weighted by Crippen LogP contribution is -2.20. The highest BCUT2D eigenvalue weighted by atomic mass is 35.5. The molecule has 2 aromatic rings. The van der Waals surface area contributed by atoms with Gasteiger partial charge in [-0.05, 0) is 30.3 Å². The van der Waals surface area contributed by atoms with Crippen LogP contribution in [0.15, 0.2) is 36.4 Å². The maximum absolute atomic E-state index is 12.9. The summed E-state index contributed by atoms with van der Waals surface area (Å²) in [5.74, 6) is 0.838. The molecule has 0 aliphatic heterocycles. The van der Waals surface area contributed by atoms with Crippen LogP contribution in [0.1, 0.15) is 5.56 Å². The third kappa shape index (κ3) is 4.69. The Morgan fingerprint density at radius 3 is 2.36 bits per heavy atom. The molecule has 0 aromatic heterocycles. The summed E-state index contributed by atoms with van der Waals surface area (Å²) >= 11 is 5.54. The van der Waals surface area contributed by atoms with Gasteiger partial charge in [0.15, 0.2) is 0 Å². The van der Waals surface area contributed by atoms with Crippen LogP contribution in [-0.2, 0) is 6.18 Å². The average Bonchev–Trinajstić information content (AvgIpc) is 2.55. The summed E-state index contributed by atoms with van der Waals surface area (Å²) in [5, 5.41) is 4.35. The van der Waals surface area contributed by atoms with E-state index in [-0.39, 0.29) is 5.69 Å². The van der Waals surface area contributed by atoms with Crippen LogP contribution in [0.5, 0.6) is 11.5 Å². The Morgan fingerprint density at radius 1 is 1.04 bits per heavy atom. The summed E-state index contributed by atoms with van der Waals surface area (Å²) in [6, 6.07) is 7.06. The van der Waals surface area contributed by atoms with Crippen LogP contribution >= 0.6 is 11.6 Å². The van der Waals surface area contributed by atoms with Crippen LogP contribution in [0.4, 0.5) is 29.3 Å². The van der Waals surface area contributed by atoms with Gasteiger partial charge in [-0.15, -0.1) is 0 Å². The standard InChI is InChI=1S/C16H14ClF3N2O3/c1-24-10-4-6-14(25-2)13(8-10)22-15(23)21-9-3-5-12(17)11(7-9)16(18,19)20/h3-8H,1-2H3,(H2,21,22,23). The highest BCUT2D eigenvalue weighted by Crippen LogP contribution is 2.36. The molecule has 0 atom stereocenters. The molecule has 2 aromatic carbocycles. The Bertz CT molecular complexity index is 782. The number of methoxy groups -OCH3 is 2. The van der Waals surface area contributed by atoms with E-state index in [2.05, 4.69) is 10.6 Å². The first-order valence-electron chi connectivity index (χ1n) is 6.91. The summed E-state index contributed by atoms with van der Waals surface area (Å²) in [7, 11) is 2.87. The number of rotatable bonds is 4. The molecular formula is C16H14ClF3N2O3. The van der Waals surface area contributed by atoms with Gasteiger partial charge in [0.1, 0.15) is 11.5 Å². The SMILES string of the molecule is COc1ccc(OC)c(NC(=O)Nc2ccc(Cl)c(C(F)(F)F)c2)c1. The molecule has 0 aliphatic rings. The fourth-order valence-electron chi connectivity index (χ4n) is 2.02. The first-order valence-corrected chi connectivity index (χ1v) is 7.29. The zero-order valence-electron chi connectivity index (χ0n) is 13.2. The largest absolute Gasteiger partial charge is 0.497 e. The summed E-state index contributed by atoms with van der Waals surface area (Å²) in [6.45, 7) is 0. The Balaban J connectivity index is 2.18. The van der Waals surface area contributed by atoms with Gasteiger partial charge >= 0.3 is 12.2 Å². The van der Waals surface area contributed by atoms with Crippen LogP contribution in [0, 0.1) is 0 Å². The zero-order chi connectivity index (χ0) is 18.6. The van der Waals surface area contributed by atoms with Crippen molar-refractivity contribution in [2.24, 2.45) is 0 Å². The van der Waals surface area contributed by atoms with Gasteiger partial charge in [0.25, 0.3) is 0 Å². The van der Waals surface area contributed by atoms with E-state index in [1.165, 1.54) is 26.4 Å². The molecule has 0 bridgehead atoms. The van der Waals surface area contributed by atoms with Crippen molar-refractivity contribution in [1.29, 1.82) is 0 Å². The van der Waals surface area contributed by atoms with E-state index in [0.29, 0.717) is 17.2 Å². The second-order valence-corrected chi connectivity index (χ2v) is 5.24. The van der Waals surface area contributed by atoms with E-state index in [1.807, 2.05) is 0 Å². The molecule has 2 rings (SSSR count). The van der Waals surface area contributed by atoms with Gasteiger partial charge in [-0.25, -0.2) is 4.79 Å². The molecule has 9 heteroatoms. The van der Waals surface area contributed by atoms with Gasteiger partial charge < -0.3 is 20.1 Å². The van der Waals surface area contributed by atoms with Crippen LogP contribution in [0.2, 0.25) is 5.02 Å². The number of alkyl halides is 3. The van der Waals surface area contributed by atoms with E-state index < -0.39 is 22.8 Å². The number of nitrogens with one attached hydrogen (secondary N) is 2. The summed E-state index contributed by atoms with van der Waals surface area (Å²) in [6.07, 6.45) is -4.62. The minimum absolute atomic E-state index is 0.0592. The normalized spacial score (nSPS) is 11.0. The molecule has 0 saturated heterocycles. The Hall–Kier alpha value is -2.61. The average molecular weight is 375 g/mol. The van der Waals surface area contributed by atoms with Crippen LogP contribution in [0.3, 0.4) is 0 Å². The smallest absolute Gasteiger partial charge is 0.417 e. The van der Waals surface area contributed by atoms with Gasteiger partial charge in [-0.1, -0.05) is 11.6 Å². The van der Waals surface area contributed by atoms with Crippen molar-refractivity contribution in [2.45, 2.75) is 6.18 Å². The maximum Gasteiger partial charge on any atom is 0.417 e. The number of anilines is 2. The third-order valence-corrected chi connectivity index (χ3v) is 3.51. The quantitative estimate of drug-likeness (QED) is 0.790. The second kappa shape index (κ2) is 7.52. The highest BCUT2D eigenvalue weighted by Gasteiger charge is 2.33. The highest BCUT2D eigenvalue weighted by molar-refractivity contribution is 6.31. The predicted octanol–water partition coefficient (Wildman–Crippen LogP) is 5.02. The van der Waals surface area contributed by atoms with Crippen molar-refractivity contribution in [2.75, 3.05) is 24.9 Å². The topological polar surface area (TPSA) is 59.6 Å². The number of halogens is 4. The second-order valence-electron chi connectivity index (χ2n) is 4.84. The van der Waals surface area contributed by atoms with Crippen molar-refractivity contribution < 1.29 is 27.4 Å². The van der Waals surface area contributed by atoms with Crippen molar-refractivity contribution in [1.82, 2.24) is 0 Å². The molecule has 134 valence electrons. The number of ether oxygens (including phenoxy) is 2. The number of urea groups is 1. The molecule has 0 fully saturated rings. The number of hydrogen-bond donors (Lipinski definition) is 2. The summed E-state index contributed by atoms with van der Waals surface area (Å²) < 4.78 is 48.7. The van der Waals surface area contributed by atoms with Crippen molar-refractivity contribution >= 4 is 29.0 Å². The van der Waals surface area contributed by atoms with E-state index in [9.17, 15) is 18.0 Å². The van der Waals surface area contributed by atoms with Crippen LogP contribution in [0.25, 0.3) is 0 Å². The minimum atomic E-state index is -4.62. The number of amides is 2. The number of carbonyl (C=O) groups is 1. The molecule has 2 amide bonds. The molecule has 25 heavy (non-hydrogen) atoms.